The molecular formula is C24H23N5O5. The zero-order chi connectivity index (χ0) is 23.9. The van der Waals surface area contributed by atoms with Gasteiger partial charge in [0.25, 0.3) is 11.8 Å². The summed E-state index contributed by atoms with van der Waals surface area (Å²) in [6.07, 6.45) is 0. The molecule has 34 heavy (non-hydrogen) atoms. The Balaban J connectivity index is 1.22. The van der Waals surface area contributed by atoms with Crippen LogP contribution in [0.5, 0.6) is 0 Å². The number of nitrogens with zero attached hydrogens (tertiary/aromatic N) is 2. The van der Waals surface area contributed by atoms with Gasteiger partial charge in [-0.25, -0.2) is 0 Å². The van der Waals surface area contributed by atoms with Gasteiger partial charge in [-0.05, 0) is 17.7 Å². The van der Waals surface area contributed by atoms with Crippen molar-refractivity contribution in [2.24, 2.45) is 0 Å². The molecule has 1 aromatic heterocycles. The maximum Gasteiger partial charge on any atom is 0.273 e. The highest BCUT2D eigenvalue weighted by Gasteiger charge is 2.22. The summed E-state index contributed by atoms with van der Waals surface area (Å²) >= 11 is 0. The van der Waals surface area contributed by atoms with Crippen LogP contribution >= 0.6 is 0 Å². The average Bonchev–Trinajstić information content (AvgIpc) is 3.37. The van der Waals surface area contributed by atoms with Crippen molar-refractivity contribution in [1.82, 2.24) is 26.0 Å². The predicted octanol–water partition coefficient (Wildman–Crippen LogP) is 0.960. The van der Waals surface area contributed by atoms with Crippen molar-refractivity contribution in [3.05, 3.63) is 77.5 Å². The van der Waals surface area contributed by atoms with E-state index < -0.39 is 5.91 Å². The first-order valence-electron chi connectivity index (χ1n) is 10.7. The Hall–Kier alpha value is -4.47. The Morgan fingerprint density at radius 1 is 1.03 bits per heavy atom. The molecule has 4 rings (SSSR count). The zero-order valence-corrected chi connectivity index (χ0v) is 18.2. The number of aromatic nitrogens is 1. The second kappa shape index (κ2) is 10.4. The van der Waals surface area contributed by atoms with E-state index in [4.69, 9.17) is 4.52 Å². The third-order valence-electron chi connectivity index (χ3n) is 5.23. The molecule has 0 aliphatic carbocycles. The van der Waals surface area contributed by atoms with Crippen LogP contribution in [0.3, 0.4) is 0 Å². The van der Waals surface area contributed by atoms with Crippen molar-refractivity contribution in [2.45, 2.75) is 6.54 Å². The summed E-state index contributed by atoms with van der Waals surface area (Å²) in [5.74, 6) is -0.821. The first kappa shape index (κ1) is 22.7. The standard InChI is InChI=1S/C24H23N5O5/c30-21(14-27-23(32)19-12-20(34-28-19)17-4-2-1-3-5-17)26-13-16-6-8-18(9-7-16)24(33)29-11-10-25-22(31)15-29/h1-9,12H,10-11,13-15H2,(H,25,31)(H,26,30)(H,27,32). The number of carbonyl (C=O) groups is 4. The van der Waals surface area contributed by atoms with E-state index in [2.05, 4.69) is 21.1 Å². The minimum atomic E-state index is -0.518. The van der Waals surface area contributed by atoms with Crippen LogP contribution in [0, 0.1) is 0 Å². The zero-order valence-electron chi connectivity index (χ0n) is 18.2. The predicted molar refractivity (Wildman–Crippen MR) is 121 cm³/mol. The fraction of sp³-hybridized carbons (Fsp3) is 0.208. The van der Waals surface area contributed by atoms with Gasteiger partial charge in [0.2, 0.25) is 11.8 Å². The number of nitrogens with one attached hydrogen (secondary N) is 3. The van der Waals surface area contributed by atoms with Crippen molar-refractivity contribution in [3.63, 3.8) is 0 Å². The highest BCUT2D eigenvalue weighted by molar-refractivity contribution is 5.97. The summed E-state index contributed by atoms with van der Waals surface area (Å²) in [6.45, 7) is 0.966. The molecule has 0 unspecified atom stereocenters. The Labute approximate surface area is 195 Å². The van der Waals surface area contributed by atoms with Crippen molar-refractivity contribution in [1.29, 1.82) is 0 Å². The first-order valence-corrected chi connectivity index (χ1v) is 10.7. The van der Waals surface area contributed by atoms with E-state index in [0.717, 1.165) is 11.1 Å². The Morgan fingerprint density at radius 2 is 1.79 bits per heavy atom. The van der Waals surface area contributed by atoms with Crippen LogP contribution in [0.25, 0.3) is 11.3 Å². The normalized spacial score (nSPS) is 13.2. The van der Waals surface area contributed by atoms with Crippen molar-refractivity contribution in [3.8, 4) is 11.3 Å². The van der Waals surface area contributed by atoms with Gasteiger partial charge in [-0.3, -0.25) is 19.2 Å². The lowest BCUT2D eigenvalue weighted by molar-refractivity contribution is -0.123. The number of hydrogen-bond donors (Lipinski definition) is 3. The van der Waals surface area contributed by atoms with Gasteiger partial charge in [0.15, 0.2) is 11.5 Å². The number of piperazine rings is 1. The maximum atomic E-state index is 12.5. The van der Waals surface area contributed by atoms with Crippen LogP contribution in [0.4, 0.5) is 0 Å². The molecule has 10 nitrogen and oxygen atoms in total. The summed E-state index contributed by atoms with van der Waals surface area (Å²) in [7, 11) is 0. The van der Waals surface area contributed by atoms with E-state index in [9.17, 15) is 19.2 Å². The summed E-state index contributed by atoms with van der Waals surface area (Å²) in [5.41, 5.74) is 2.13. The molecule has 174 valence electrons. The summed E-state index contributed by atoms with van der Waals surface area (Å²) in [6, 6.07) is 17.5. The average molecular weight is 461 g/mol. The van der Waals surface area contributed by atoms with Crippen LogP contribution < -0.4 is 16.0 Å². The summed E-state index contributed by atoms with van der Waals surface area (Å²) < 4.78 is 5.20. The van der Waals surface area contributed by atoms with Gasteiger partial charge in [0, 0.05) is 36.8 Å². The quantitative estimate of drug-likeness (QED) is 0.480. The molecule has 1 fully saturated rings. The number of amides is 4. The van der Waals surface area contributed by atoms with Gasteiger partial charge < -0.3 is 25.4 Å². The third-order valence-corrected chi connectivity index (χ3v) is 5.23. The molecule has 0 bridgehead atoms. The molecule has 2 aromatic carbocycles. The topological polar surface area (TPSA) is 134 Å². The molecule has 3 aromatic rings. The molecule has 0 saturated carbocycles. The highest BCUT2D eigenvalue weighted by atomic mass is 16.5. The molecule has 4 amide bonds. The molecule has 1 saturated heterocycles. The SMILES string of the molecule is O=C(CNC(=O)c1cc(-c2ccccc2)on1)NCc1ccc(C(=O)N2CCNC(=O)C2)cc1. The van der Waals surface area contributed by atoms with Gasteiger partial charge in [-0.1, -0.05) is 47.6 Å². The molecule has 0 atom stereocenters. The van der Waals surface area contributed by atoms with Gasteiger partial charge >= 0.3 is 0 Å². The molecule has 1 aliphatic rings. The van der Waals surface area contributed by atoms with Gasteiger partial charge in [0.05, 0.1) is 13.1 Å². The van der Waals surface area contributed by atoms with Crippen molar-refractivity contribution >= 4 is 23.6 Å². The molecule has 1 aliphatic heterocycles. The second-order valence-corrected chi connectivity index (χ2v) is 7.68. The number of rotatable bonds is 7. The third kappa shape index (κ3) is 5.66. The molecular weight excluding hydrogens is 438 g/mol. The Morgan fingerprint density at radius 3 is 2.53 bits per heavy atom. The lowest BCUT2D eigenvalue weighted by Gasteiger charge is -2.26. The monoisotopic (exact) mass is 461 g/mol. The molecule has 3 N–H and O–H groups in total. The number of hydrogen-bond acceptors (Lipinski definition) is 6. The second-order valence-electron chi connectivity index (χ2n) is 7.68. The van der Waals surface area contributed by atoms with E-state index in [1.165, 1.54) is 11.0 Å². The van der Waals surface area contributed by atoms with Crippen molar-refractivity contribution in [2.75, 3.05) is 26.2 Å². The van der Waals surface area contributed by atoms with Crippen LogP contribution in [-0.2, 0) is 16.1 Å². The number of benzene rings is 2. The minimum absolute atomic E-state index is 0.0459. The maximum absolute atomic E-state index is 12.5. The van der Waals surface area contributed by atoms with Gasteiger partial charge in [-0.15, -0.1) is 0 Å². The van der Waals surface area contributed by atoms with E-state index >= 15 is 0 Å². The lowest BCUT2D eigenvalue weighted by Crippen LogP contribution is -2.49. The van der Waals surface area contributed by atoms with Gasteiger partial charge in [0.1, 0.15) is 0 Å². The Kier molecular flexibility index (Phi) is 6.97. The van der Waals surface area contributed by atoms with E-state index in [1.54, 1.807) is 24.3 Å². The fourth-order valence-corrected chi connectivity index (χ4v) is 3.39. The smallest absolute Gasteiger partial charge is 0.273 e. The van der Waals surface area contributed by atoms with Crippen LogP contribution in [-0.4, -0.2) is 59.9 Å². The summed E-state index contributed by atoms with van der Waals surface area (Å²) in [4.78, 5) is 49.8. The highest BCUT2D eigenvalue weighted by Crippen LogP contribution is 2.19. The van der Waals surface area contributed by atoms with Crippen LogP contribution in [0.15, 0.2) is 65.2 Å². The molecule has 0 radical (unpaired) electrons. The minimum Gasteiger partial charge on any atom is -0.355 e. The first-order chi connectivity index (χ1) is 16.5. The largest absolute Gasteiger partial charge is 0.355 e. The van der Waals surface area contributed by atoms with Crippen molar-refractivity contribution < 1.29 is 23.7 Å². The summed E-state index contributed by atoms with van der Waals surface area (Å²) in [5, 5.41) is 11.7. The van der Waals surface area contributed by atoms with Crippen LogP contribution in [0.1, 0.15) is 26.4 Å². The molecule has 10 heteroatoms. The van der Waals surface area contributed by atoms with E-state index in [-0.39, 0.29) is 43.0 Å². The van der Waals surface area contributed by atoms with Gasteiger partial charge in [-0.2, -0.15) is 0 Å². The lowest BCUT2D eigenvalue weighted by atomic mass is 10.1. The van der Waals surface area contributed by atoms with Crippen LogP contribution in [0.2, 0.25) is 0 Å². The fourth-order valence-electron chi connectivity index (χ4n) is 3.39. The van der Waals surface area contributed by atoms with E-state index in [1.807, 2.05) is 30.3 Å². The Bertz CT molecular complexity index is 1190. The number of carbonyl (C=O) groups excluding carboxylic acids is 4. The molecule has 2 heterocycles. The molecule has 0 spiro atoms. The van der Waals surface area contributed by atoms with E-state index in [0.29, 0.717) is 24.4 Å².